The first-order valence-corrected chi connectivity index (χ1v) is 11.6. The van der Waals surface area contributed by atoms with Crippen LogP contribution in [0.3, 0.4) is 0 Å². The number of guanidine groups is 1. The standard InChI is InChI=1S/C18H21N3O3S.CH4O3S/c1-2-23-11-12-25-16-9-7-15(8-10-16)24-17(22)13-3-5-14(6-4-13)21-18(19)20;1-5(2,3)4/h3-10H,2,11-12H2,1H3,(H4,19,20,21);1H3,(H,2,3,4). The molecule has 30 heavy (non-hydrogen) atoms. The Morgan fingerprint density at radius 2 is 1.73 bits per heavy atom. The second-order valence-corrected chi connectivity index (χ2v) is 8.39. The van der Waals surface area contributed by atoms with Crippen LogP contribution in [0, 0.1) is 5.41 Å². The van der Waals surface area contributed by atoms with Crippen LogP contribution in [0.1, 0.15) is 17.3 Å². The van der Waals surface area contributed by atoms with E-state index in [1.54, 1.807) is 48.2 Å². The molecule has 0 unspecified atom stereocenters. The average Bonchev–Trinajstić information content (AvgIpc) is 2.65. The Kier molecular flexibility index (Phi) is 10.9. The van der Waals surface area contributed by atoms with Gasteiger partial charge in [0.1, 0.15) is 5.75 Å². The molecule has 0 aliphatic carbocycles. The zero-order chi connectivity index (χ0) is 22.6. The predicted octanol–water partition coefficient (Wildman–Crippen LogP) is 2.84. The second kappa shape index (κ2) is 12.9. The summed E-state index contributed by atoms with van der Waals surface area (Å²) in [4.78, 5) is 13.2. The van der Waals surface area contributed by atoms with E-state index < -0.39 is 16.1 Å². The average molecular weight is 456 g/mol. The summed E-state index contributed by atoms with van der Waals surface area (Å²) in [5, 5.41) is 9.81. The van der Waals surface area contributed by atoms with Gasteiger partial charge in [-0.2, -0.15) is 8.42 Å². The summed E-state index contributed by atoms with van der Waals surface area (Å²) in [5.74, 6) is 0.777. The Hall–Kier alpha value is -2.60. The van der Waals surface area contributed by atoms with Crippen molar-refractivity contribution in [2.75, 3.05) is 30.5 Å². The van der Waals surface area contributed by atoms with E-state index in [1.807, 2.05) is 19.1 Å². The molecule has 9 nitrogen and oxygen atoms in total. The zero-order valence-electron chi connectivity index (χ0n) is 16.6. The number of nitrogens with two attached hydrogens (primary N) is 1. The molecule has 0 fully saturated rings. The number of rotatable bonds is 8. The van der Waals surface area contributed by atoms with Crippen LogP contribution in [0.15, 0.2) is 53.4 Å². The maximum Gasteiger partial charge on any atom is 0.343 e. The molecule has 0 radical (unpaired) electrons. The summed E-state index contributed by atoms with van der Waals surface area (Å²) < 4.78 is 36.5. The van der Waals surface area contributed by atoms with E-state index in [0.29, 0.717) is 29.9 Å². The van der Waals surface area contributed by atoms with Crippen molar-refractivity contribution in [3.05, 3.63) is 54.1 Å². The normalized spacial score (nSPS) is 10.5. The summed E-state index contributed by atoms with van der Waals surface area (Å²) in [6.07, 6.45) is 0.715. The number of hydrogen-bond donors (Lipinski definition) is 4. The molecule has 0 bridgehead atoms. The first-order valence-electron chi connectivity index (χ1n) is 8.75. The van der Waals surface area contributed by atoms with Crippen molar-refractivity contribution in [1.29, 1.82) is 5.41 Å². The molecule has 11 heteroatoms. The number of nitrogens with one attached hydrogen (secondary N) is 2. The molecule has 2 aromatic rings. The van der Waals surface area contributed by atoms with E-state index in [1.165, 1.54) is 0 Å². The van der Waals surface area contributed by atoms with Gasteiger partial charge in [-0.1, -0.05) is 0 Å². The smallest absolute Gasteiger partial charge is 0.343 e. The number of benzene rings is 2. The lowest BCUT2D eigenvalue weighted by atomic mass is 10.2. The number of thioether (sulfide) groups is 1. The fourth-order valence-corrected chi connectivity index (χ4v) is 2.74. The third-order valence-electron chi connectivity index (χ3n) is 3.13. The van der Waals surface area contributed by atoms with Crippen molar-refractivity contribution in [3.63, 3.8) is 0 Å². The molecular formula is C19H25N3O6S2. The largest absolute Gasteiger partial charge is 0.423 e. The highest BCUT2D eigenvalue weighted by Gasteiger charge is 2.09. The maximum absolute atomic E-state index is 12.1. The zero-order valence-corrected chi connectivity index (χ0v) is 18.3. The van der Waals surface area contributed by atoms with Crippen LogP contribution in [0.2, 0.25) is 0 Å². The summed E-state index contributed by atoms with van der Waals surface area (Å²) in [7, 11) is -3.67. The number of hydrogen-bond acceptors (Lipinski definition) is 7. The van der Waals surface area contributed by atoms with Crippen LogP contribution in [0.25, 0.3) is 0 Å². The Balaban J connectivity index is 0.000000804. The number of esters is 1. The molecule has 0 saturated carbocycles. The number of carbonyl (C=O) groups excluding carboxylic acids is 1. The summed E-state index contributed by atoms with van der Waals surface area (Å²) in [6, 6.07) is 13.9. The summed E-state index contributed by atoms with van der Waals surface area (Å²) in [5.41, 5.74) is 6.31. The molecule has 2 rings (SSSR count). The van der Waals surface area contributed by atoms with Gasteiger partial charge in [0.2, 0.25) is 0 Å². The number of anilines is 1. The topological polar surface area (TPSA) is 152 Å². The van der Waals surface area contributed by atoms with Crippen LogP contribution < -0.4 is 15.8 Å². The van der Waals surface area contributed by atoms with Gasteiger partial charge in [-0.3, -0.25) is 9.96 Å². The first-order chi connectivity index (χ1) is 14.1. The van der Waals surface area contributed by atoms with E-state index in [9.17, 15) is 13.2 Å². The molecule has 0 amide bonds. The lowest BCUT2D eigenvalue weighted by molar-refractivity contribution is 0.0734. The fourth-order valence-electron chi connectivity index (χ4n) is 1.98. The third kappa shape index (κ3) is 12.1. The van der Waals surface area contributed by atoms with Crippen LogP contribution in [0.4, 0.5) is 5.69 Å². The van der Waals surface area contributed by atoms with Gasteiger partial charge in [-0.25, -0.2) is 4.79 Å². The SMILES string of the molecule is CCOCCSc1ccc(OC(=O)c2ccc(NC(=N)N)cc2)cc1.CS(=O)(=O)O. The van der Waals surface area contributed by atoms with Crippen molar-refractivity contribution in [1.82, 2.24) is 0 Å². The van der Waals surface area contributed by atoms with Gasteiger partial charge in [-0.15, -0.1) is 11.8 Å². The Morgan fingerprint density at radius 1 is 1.17 bits per heavy atom. The quantitative estimate of drug-likeness (QED) is 0.0895. The van der Waals surface area contributed by atoms with Gasteiger partial charge >= 0.3 is 5.97 Å². The Morgan fingerprint density at radius 3 is 2.23 bits per heavy atom. The van der Waals surface area contributed by atoms with Crippen molar-refractivity contribution < 1.29 is 27.2 Å². The van der Waals surface area contributed by atoms with Gasteiger partial charge in [-0.05, 0) is 55.5 Å². The molecule has 0 aliphatic rings. The number of carbonyl (C=O) groups is 1. The van der Waals surface area contributed by atoms with Gasteiger partial charge in [0, 0.05) is 22.9 Å². The van der Waals surface area contributed by atoms with E-state index in [2.05, 4.69) is 5.32 Å². The van der Waals surface area contributed by atoms with Gasteiger partial charge in [0.05, 0.1) is 18.4 Å². The molecule has 0 spiro atoms. The van der Waals surface area contributed by atoms with Crippen LogP contribution in [-0.4, -0.2) is 50.1 Å². The van der Waals surface area contributed by atoms with Crippen molar-refractivity contribution in [2.24, 2.45) is 5.73 Å². The van der Waals surface area contributed by atoms with Gasteiger partial charge < -0.3 is 20.5 Å². The minimum absolute atomic E-state index is 0.158. The van der Waals surface area contributed by atoms with E-state index >= 15 is 0 Å². The number of ether oxygens (including phenoxy) is 2. The molecule has 0 aliphatic heterocycles. The molecule has 0 aromatic heterocycles. The predicted molar refractivity (Wildman–Crippen MR) is 118 cm³/mol. The molecule has 5 N–H and O–H groups in total. The molecule has 164 valence electrons. The monoisotopic (exact) mass is 455 g/mol. The molecule has 0 saturated heterocycles. The summed E-state index contributed by atoms with van der Waals surface area (Å²) in [6.45, 7) is 3.41. The van der Waals surface area contributed by atoms with Crippen LogP contribution >= 0.6 is 11.8 Å². The van der Waals surface area contributed by atoms with Crippen LogP contribution in [0.5, 0.6) is 5.75 Å². The second-order valence-electron chi connectivity index (χ2n) is 5.76. The lowest BCUT2D eigenvalue weighted by Gasteiger charge is -2.07. The van der Waals surface area contributed by atoms with Crippen molar-refractivity contribution >= 4 is 39.5 Å². The molecule has 2 aromatic carbocycles. The lowest BCUT2D eigenvalue weighted by Crippen LogP contribution is -2.20. The molecule has 0 heterocycles. The first kappa shape index (κ1) is 25.4. The fraction of sp³-hybridized carbons (Fsp3) is 0.263. The van der Waals surface area contributed by atoms with Crippen molar-refractivity contribution in [2.45, 2.75) is 11.8 Å². The van der Waals surface area contributed by atoms with E-state index in [4.69, 9.17) is 25.2 Å². The van der Waals surface area contributed by atoms with E-state index in [-0.39, 0.29) is 5.96 Å². The minimum atomic E-state index is -3.67. The highest BCUT2D eigenvalue weighted by molar-refractivity contribution is 7.99. The highest BCUT2D eigenvalue weighted by atomic mass is 32.2. The maximum atomic E-state index is 12.1. The minimum Gasteiger partial charge on any atom is -0.423 e. The highest BCUT2D eigenvalue weighted by Crippen LogP contribution is 2.22. The van der Waals surface area contributed by atoms with Crippen LogP contribution in [-0.2, 0) is 14.9 Å². The Labute approximate surface area is 180 Å². The molecule has 0 atom stereocenters. The summed E-state index contributed by atoms with van der Waals surface area (Å²) >= 11 is 1.69. The Bertz CT molecular complexity index is 908. The van der Waals surface area contributed by atoms with Gasteiger partial charge in [0.15, 0.2) is 5.96 Å². The van der Waals surface area contributed by atoms with Gasteiger partial charge in [0.25, 0.3) is 10.1 Å². The van der Waals surface area contributed by atoms with E-state index in [0.717, 1.165) is 17.3 Å². The third-order valence-corrected chi connectivity index (χ3v) is 4.11. The molecular weight excluding hydrogens is 430 g/mol. The van der Waals surface area contributed by atoms with Crippen molar-refractivity contribution in [3.8, 4) is 5.75 Å².